The van der Waals surface area contributed by atoms with Crippen molar-refractivity contribution in [3.8, 4) is 0 Å². The highest BCUT2D eigenvalue weighted by Gasteiger charge is 2.31. The maximum absolute atomic E-state index is 3.68. The highest BCUT2D eigenvalue weighted by atomic mass is 15.2. The lowest BCUT2D eigenvalue weighted by atomic mass is 9.98. The fourth-order valence-electron chi connectivity index (χ4n) is 3.47. The van der Waals surface area contributed by atoms with E-state index >= 15 is 0 Å². The Balaban J connectivity index is 2.14. The molecule has 3 unspecified atom stereocenters. The van der Waals surface area contributed by atoms with Crippen LogP contribution in [0.15, 0.2) is 30.3 Å². The van der Waals surface area contributed by atoms with Crippen LogP contribution in [-0.4, -0.2) is 30.1 Å². The zero-order chi connectivity index (χ0) is 13.7. The largest absolute Gasteiger partial charge is 0.309 e. The van der Waals surface area contributed by atoms with E-state index in [0.29, 0.717) is 12.1 Å². The molecule has 2 nitrogen and oxygen atoms in total. The molecule has 0 aliphatic carbocycles. The topological polar surface area (TPSA) is 15.3 Å². The molecule has 0 bridgehead atoms. The summed E-state index contributed by atoms with van der Waals surface area (Å²) in [7, 11) is 0. The first kappa shape index (κ1) is 14.5. The summed E-state index contributed by atoms with van der Waals surface area (Å²) >= 11 is 0. The summed E-state index contributed by atoms with van der Waals surface area (Å²) in [6.07, 6.45) is 4.00. The highest BCUT2D eigenvalue weighted by molar-refractivity contribution is 5.20. The number of hydrogen-bond donors (Lipinski definition) is 1. The molecule has 2 heteroatoms. The van der Waals surface area contributed by atoms with Crippen molar-refractivity contribution in [1.82, 2.24) is 10.2 Å². The van der Waals surface area contributed by atoms with E-state index in [1.807, 2.05) is 0 Å². The second-order valence-electron chi connectivity index (χ2n) is 5.63. The van der Waals surface area contributed by atoms with Gasteiger partial charge in [0.2, 0.25) is 0 Å². The van der Waals surface area contributed by atoms with E-state index in [1.54, 1.807) is 0 Å². The summed E-state index contributed by atoms with van der Waals surface area (Å²) in [5.74, 6) is 0. The van der Waals surface area contributed by atoms with Crippen molar-refractivity contribution in [1.29, 1.82) is 0 Å². The minimum atomic E-state index is 0.443. The van der Waals surface area contributed by atoms with Gasteiger partial charge in [0.15, 0.2) is 0 Å². The lowest BCUT2D eigenvalue weighted by Gasteiger charge is -2.36. The Hall–Kier alpha value is -0.860. The molecule has 0 saturated carbocycles. The number of hydrogen-bond acceptors (Lipinski definition) is 2. The fourth-order valence-corrected chi connectivity index (χ4v) is 3.47. The van der Waals surface area contributed by atoms with Crippen molar-refractivity contribution in [2.45, 2.75) is 58.2 Å². The minimum absolute atomic E-state index is 0.443. The van der Waals surface area contributed by atoms with Crippen LogP contribution in [0.5, 0.6) is 0 Å². The molecule has 2 rings (SSSR count). The van der Waals surface area contributed by atoms with Gasteiger partial charge in [-0.25, -0.2) is 0 Å². The maximum Gasteiger partial charge on any atom is 0.0475 e. The fraction of sp³-hybridized carbons (Fsp3) is 0.647. The average Bonchev–Trinajstić information content (AvgIpc) is 2.93. The molecule has 0 spiro atoms. The van der Waals surface area contributed by atoms with E-state index in [9.17, 15) is 0 Å². The van der Waals surface area contributed by atoms with Crippen LogP contribution in [0.4, 0.5) is 0 Å². The molecule has 0 amide bonds. The van der Waals surface area contributed by atoms with Crippen LogP contribution < -0.4 is 5.32 Å². The quantitative estimate of drug-likeness (QED) is 0.840. The first-order valence-electron chi connectivity index (χ1n) is 7.82. The van der Waals surface area contributed by atoms with E-state index in [0.717, 1.165) is 12.6 Å². The summed E-state index contributed by atoms with van der Waals surface area (Å²) in [5.41, 5.74) is 1.42. The minimum Gasteiger partial charge on any atom is -0.309 e. The summed E-state index contributed by atoms with van der Waals surface area (Å²) in [6.45, 7) is 9.18. The van der Waals surface area contributed by atoms with Gasteiger partial charge in [-0.1, -0.05) is 44.2 Å². The van der Waals surface area contributed by atoms with Gasteiger partial charge >= 0.3 is 0 Å². The molecule has 1 aromatic carbocycles. The Kier molecular flexibility index (Phi) is 5.41. The zero-order valence-corrected chi connectivity index (χ0v) is 12.6. The van der Waals surface area contributed by atoms with Crippen LogP contribution in [0.2, 0.25) is 0 Å². The predicted molar refractivity (Wildman–Crippen MR) is 82.3 cm³/mol. The molecule has 1 fully saturated rings. The Labute approximate surface area is 118 Å². The van der Waals surface area contributed by atoms with E-state index in [1.165, 1.54) is 31.4 Å². The second kappa shape index (κ2) is 7.06. The summed E-state index contributed by atoms with van der Waals surface area (Å²) < 4.78 is 0. The normalized spacial score (nSPS) is 23.4. The van der Waals surface area contributed by atoms with E-state index < -0.39 is 0 Å². The van der Waals surface area contributed by atoms with Gasteiger partial charge in [-0.2, -0.15) is 0 Å². The third kappa shape index (κ3) is 3.37. The van der Waals surface area contributed by atoms with Crippen LogP contribution >= 0.6 is 0 Å². The maximum atomic E-state index is 3.68. The molecule has 1 aromatic rings. The van der Waals surface area contributed by atoms with Gasteiger partial charge < -0.3 is 5.32 Å². The molecule has 0 radical (unpaired) electrons. The molecule has 1 aliphatic heterocycles. The molecule has 1 heterocycles. The number of nitrogens with zero attached hydrogens (tertiary/aromatic N) is 1. The molecular weight excluding hydrogens is 232 g/mol. The van der Waals surface area contributed by atoms with E-state index in [-0.39, 0.29) is 0 Å². The zero-order valence-electron chi connectivity index (χ0n) is 12.6. The molecule has 19 heavy (non-hydrogen) atoms. The Morgan fingerprint density at radius 2 is 2.00 bits per heavy atom. The van der Waals surface area contributed by atoms with Crippen LogP contribution in [0.3, 0.4) is 0 Å². The molecule has 1 N–H and O–H groups in total. The van der Waals surface area contributed by atoms with Gasteiger partial charge in [0.1, 0.15) is 0 Å². The summed E-state index contributed by atoms with van der Waals surface area (Å²) in [5, 5.41) is 3.68. The van der Waals surface area contributed by atoms with Crippen LogP contribution in [0, 0.1) is 0 Å². The Morgan fingerprint density at radius 3 is 2.63 bits per heavy atom. The number of benzene rings is 1. The van der Waals surface area contributed by atoms with Gasteiger partial charge in [-0.15, -0.1) is 0 Å². The van der Waals surface area contributed by atoms with Crippen molar-refractivity contribution in [3.63, 3.8) is 0 Å². The highest BCUT2D eigenvalue weighted by Crippen LogP contribution is 2.29. The summed E-state index contributed by atoms with van der Waals surface area (Å²) in [4.78, 5) is 2.71. The predicted octanol–water partition coefficient (Wildman–Crippen LogP) is 3.60. The van der Waals surface area contributed by atoms with Gasteiger partial charge in [0.25, 0.3) is 0 Å². The van der Waals surface area contributed by atoms with Gasteiger partial charge in [0, 0.05) is 18.1 Å². The first-order valence-corrected chi connectivity index (χ1v) is 7.82. The second-order valence-corrected chi connectivity index (χ2v) is 5.63. The van der Waals surface area contributed by atoms with Crippen molar-refractivity contribution >= 4 is 0 Å². The van der Waals surface area contributed by atoms with Gasteiger partial charge in [-0.3, -0.25) is 4.90 Å². The number of likely N-dealkylation sites (tertiary alicyclic amines) is 1. The molecule has 1 aliphatic rings. The third-order valence-corrected chi connectivity index (χ3v) is 4.48. The summed E-state index contributed by atoms with van der Waals surface area (Å²) in [6, 6.07) is 12.7. The number of likely N-dealkylation sites (N-methyl/N-ethyl adjacent to an activating group) is 1. The Morgan fingerprint density at radius 1 is 1.26 bits per heavy atom. The molecular formula is C17H28N2. The molecule has 1 saturated heterocycles. The lowest BCUT2D eigenvalue weighted by molar-refractivity contribution is 0.152. The van der Waals surface area contributed by atoms with Crippen LogP contribution in [0.25, 0.3) is 0 Å². The standard InChI is InChI=1S/C17H28N2/c1-4-16-12-9-13-19(16)14(3)17(18-5-2)15-10-7-6-8-11-15/h6-8,10-11,14,16-18H,4-5,9,12-13H2,1-3H3. The smallest absolute Gasteiger partial charge is 0.0475 e. The Bertz CT molecular complexity index is 363. The van der Waals surface area contributed by atoms with Crippen molar-refractivity contribution < 1.29 is 0 Å². The van der Waals surface area contributed by atoms with Crippen molar-refractivity contribution in [2.75, 3.05) is 13.1 Å². The SMILES string of the molecule is CCNC(c1ccccc1)C(C)N1CCCC1CC. The third-order valence-electron chi connectivity index (χ3n) is 4.48. The first-order chi connectivity index (χ1) is 9.27. The van der Waals surface area contributed by atoms with Crippen LogP contribution in [-0.2, 0) is 0 Å². The monoisotopic (exact) mass is 260 g/mol. The average molecular weight is 260 g/mol. The van der Waals surface area contributed by atoms with Gasteiger partial charge in [-0.05, 0) is 44.8 Å². The molecule has 106 valence electrons. The molecule has 0 aromatic heterocycles. The number of nitrogens with one attached hydrogen (secondary N) is 1. The van der Waals surface area contributed by atoms with Crippen molar-refractivity contribution in [2.24, 2.45) is 0 Å². The van der Waals surface area contributed by atoms with E-state index in [4.69, 9.17) is 0 Å². The van der Waals surface area contributed by atoms with Crippen molar-refractivity contribution in [3.05, 3.63) is 35.9 Å². The lowest BCUT2D eigenvalue weighted by Crippen LogP contribution is -2.45. The van der Waals surface area contributed by atoms with Gasteiger partial charge in [0.05, 0.1) is 0 Å². The van der Waals surface area contributed by atoms with Crippen LogP contribution in [0.1, 0.15) is 51.6 Å². The van der Waals surface area contributed by atoms with E-state index in [2.05, 4.69) is 61.3 Å². The number of rotatable bonds is 6. The molecule has 3 atom stereocenters.